The van der Waals surface area contributed by atoms with Crippen molar-refractivity contribution in [3.8, 4) is 0 Å². The maximum Gasteiger partial charge on any atom is 0.416 e. The van der Waals surface area contributed by atoms with Gasteiger partial charge in [-0.25, -0.2) is 9.37 Å². The minimum absolute atomic E-state index is 0.0452. The van der Waals surface area contributed by atoms with E-state index < -0.39 is 17.6 Å². The van der Waals surface area contributed by atoms with Gasteiger partial charge in [-0.2, -0.15) is 13.2 Å². The number of hydrogen-bond acceptors (Lipinski definition) is 2. The van der Waals surface area contributed by atoms with E-state index in [1.165, 1.54) is 6.20 Å². The van der Waals surface area contributed by atoms with Crippen LogP contribution in [0.3, 0.4) is 0 Å². The van der Waals surface area contributed by atoms with Gasteiger partial charge in [0, 0.05) is 6.54 Å². The van der Waals surface area contributed by atoms with Crippen LogP contribution in [0.25, 0.3) is 0 Å². The van der Waals surface area contributed by atoms with Crippen LogP contribution >= 0.6 is 11.6 Å². The molecule has 1 heterocycles. The Hall–Kier alpha value is -1.82. The monoisotopic (exact) mass is 318 g/mol. The largest absolute Gasteiger partial charge is 0.416 e. The van der Waals surface area contributed by atoms with Crippen molar-refractivity contribution >= 4 is 17.3 Å². The Kier molecular flexibility index (Phi) is 4.37. The lowest BCUT2D eigenvalue weighted by Gasteiger charge is -2.11. The molecule has 0 unspecified atom stereocenters. The molecule has 2 aromatic rings. The quantitative estimate of drug-likeness (QED) is 0.648. The predicted octanol–water partition coefficient (Wildman–Crippen LogP) is 4.81. The van der Waals surface area contributed by atoms with Gasteiger partial charge in [0.1, 0.15) is 11.0 Å². The van der Waals surface area contributed by atoms with Crippen molar-refractivity contribution in [3.05, 3.63) is 58.1 Å². The van der Waals surface area contributed by atoms with Crippen molar-refractivity contribution < 1.29 is 17.6 Å². The lowest BCUT2D eigenvalue weighted by Crippen LogP contribution is -2.08. The molecule has 0 fully saturated rings. The second kappa shape index (κ2) is 5.89. The summed E-state index contributed by atoms with van der Waals surface area (Å²) < 4.78 is 51.0. The smallest absolute Gasteiger partial charge is 0.380 e. The predicted molar refractivity (Wildman–Crippen MR) is 72.7 cm³/mol. The first-order chi connectivity index (χ1) is 9.75. The summed E-state index contributed by atoms with van der Waals surface area (Å²) in [5.41, 5.74) is 0.506. The number of aryl methyl sites for hydroxylation is 1. The molecule has 1 aromatic carbocycles. The van der Waals surface area contributed by atoms with Crippen LogP contribution < -0.4 is 5.32 Å². The van der Waals surface area contributed by atoms with Gasteiger partial charge >= 0.3 is 6.18 Å². The lowest BCUT2D eigenvalue weighted by atomic mass is 10.1. The highest BCUT2D eigenvalue weighted by molar-refractivity contribution is 6.30. The minimum atomic E-state index is -4.57. The highest BCUT2D eigenvalue weighted by Gasteiger charge is 2.31. The molecule has 112 valence electrons. The van der Waals surface area contributed by atoms with Crippen molar-refractivity contribution in [1.82, 2.24) is 4.98 Å². The molecule has 1 aromatic heterocycles. The van der Waals surface area contributed by atoms with E-state index in [0.29, 0.717) is 16.9 Å². The van der Waals surface area contributed by atoms with E-state index in [1.54, 1.807) is 13.0 Å². The van der Waals surface area contributed by atoms with Crippen LogP contribution in [0.1, 0.15) is 16.7 Å². The zero-order chi connectivity index (χ0) is 15.6. The van der Waals surface area contributed by atoms with Crippen LogP contribution in [0.4, 0.5) is 23.2 Å². The molecule has 0 amide bonds. The summed E-state index contributed by atoms with van der Waals surface area (Å²) >= 11 is 5.78. The number of halogens is 5. The second-order valence-electron chi connectivity index (χ2n) is 4.53. The molecular weight excluding hydrogens is 308 g/mol. The fourth-order valence-electron chi connectivity index (χ4n) is 1.78. The average Bonchev–Trinajstić information content (AvgIpc) is 2.38. The third-order valence-electron chi connectivity index (χ3n) is 2.80. The van der Waals surface area contributed by atoms with Crippen molar-refractivity contribution in [1.29, 1.82) is 0 Å². The highest BCUT2D eigenvalue weighted by atomic mass is 35.5. The molecule has 0 aliphatic carbocycles. The van der Waals surface area contributed by atoms with Gasteiger partial charge in [-0.15, -0.1) is 0 Å². The van der Waals surface area contributed by atoms with Crippen LogP contribution in [-0.2, 0) is 12.7 Å². The van der Waals surface area contributed by atoms with E-state index in [0.717, 1.165) is 17.7 Å². The fraction of sp³-hybridized carbons (Fsp3) is 0.214. The second-order valence-corrected chi connectivity index (χ2v) is 4.89. The molecule has 0 aliphatic heterocycles. The zero-order valence-electron chi connectivity index (χ0n) is 10.9. The summed E-state index contributed by atoms with van der Waals surface area (Å²) in [5.74, 6) is -0.924. The summed E-state index contributed by atoms with van der Waals surface area (Å²) in [4.78, 5) is 3.91. The standard InChI is InChI=1S/C14H11ClF4N2/c1-8-2-12(7-21-13(8)15)20-6-9-3-10(14(17,18)19)5-11(16)4-9/h2-5,7,20H,6H2,1H3. The van der Waals surface area contributed by atoms with Gasteiger partial charge in [-0.3, -0.25) is 0 Å². The lowest BCUT2D eigenvalue weighted by molar-refractivity contribution is -0.137. The van der Waals surface area contributed by atoms with Crippen molar-refractivity contribution in [2.24, 2.45) is 0 Å². The van der Waals surface area contributed by atoms with Gasteiger partial charge in [0.2, 0.25) is 0 Å². The SMILES string of the molecule is Cc1cc(NCc2cc(F)cc(C(F)(F)F)c2)cnc1Cl. The Balaban J connectivity index is 2.16. The van der Waals surface area contributed by atoms with Gasteiger partial charge in [0.25, 0.3) is 0 Å². The summed E-state index contributed by atoms with van der Waals surface area (Å²) in [5, 5.41) is 3.23. The number of rotatable bonds is 3. The number of alkyl halides is 3. The fourth-order valence-corrected chi connectivity index (χ4v) is 1.88. The normalized spacial score (nSPS) is 11.5. The Morgan fingerprint density at radius 1 is 1.19 bits per heavy atom. The van der Waals surface area contributed by atoms with E-state index in [4.69, 9.17) is 11.6 Å². The Morgan fingerprint density at radius 2 is 1.90 bits per heavy atom. The molecule has 0 saturated carbocycles. The zero-order valence-corrected chi connectivity index (χ0v) is 11.7. The van der Waals surface area contributed by atoms with Gasteiger partial charge < -0.3 is 5.32 Å². The molecule has 21 heavy (non-hydrogen) atoms. The molecule has 2 nitrogen and oxygen atoms in total. The molecular formula is C14H11ClF4N2. The Labute approximate surface area is 123 Å². The van der Waals surface area contributed by atoms with E-state index in [2.05, 4.69) is 10.3 Å². The molecule has 7 heteroatoms. The third-order valence-corrected chi connectivity index (χ3v) is 3.19. The summed E-state index contributed by atoms with van der Waals surface area (Å²) in [6.45, 7) is 1.80. The number of pyridine rings is 1. The van der Waals surface area contributed by atoms with Crippen LogP contribution in [0.15, 0.2) is 30.5 Å². The highest BCUT2D eigenvalue weighted by Crippen LogP contribution is 2.30. The van der Waals surface area contributed by atoms with Crippen LogP contribution in [0.2, 0.25) is 5.15 Å². The number of hydrogen-bond donors (Lipinski definition) is 1. The van der Waals surface area contributed by atoms with E-state index in [9.17, 15) is 17.6 Å². The van der Waals surface area contributed by atoms with Crippen molar-refractivity contribution in [3.63, 3.8) is 0 Å². The molecule has 0 bridgehead atoms. The first-order valence-corrected chi connectivity index (χ1v) is 6.36. The van der Waals surface area contributed by atoms with Crippen molar-refractivity contribution in [2.75, 3.05) is 5.32 Å². The molecule has 0 atom stereocenters. The van der Waals surface area contributed by atoms with Crippen LogP contribution in [-0.4, -0.2) is 4.98 Å². The molecule has 0 saturated heterocycles. The van der Waals surface area contributed by atoms with Crippen molar-refractivity contribution in [2.45, 2.75) is 19.6 Å². The number of nitrogens with zero attached hydrogens (tertiary/aromatic N) is 1. The first-order valence-electron chi connectivity index (χ1n) is 5.98. The Morgan fingerprint density at radius 3 is 2.52 bits per heavy atom. The third kappa shape index (κ3) is 4.07. The summed E-state index contributed by atoms with van der Waals surface area (Å²) in [7, 11) is 0. The number of aromatic nitrogens is 1. The van der Waals surface area contributed by atoms with Crippen LogP contribution in [0, 0.1) is 12.7 Å². The number of benzene rings is 1. The maximum atomic E-state index is 13.2. The van der Waals surface area contributed by atoms with Gasteiger partial charge in [-0.1, -0.05) is 11.6 Å². The summed E-state index contributed by atoms with van der Waals surface area (Å²) in [6.07, 6.45) is -3.12. The molecule has 0 spiro atoms. The van der Waals surface area contributed by atoms with Gasteiger partial charge in [0.05, 0.1) is 17.4 Å². The molecule has 1 N–H and O–H groups in total. The molecule has 0 radical (unpaired) electrons. The van der Waals surface area contributed by atoms with E-state index >= 15 is 0 Å². The van der Waals surface area contributed by atoms with Crippen LogP contribution in [0.5, 0.6) is 0 Å². The Bertz CT molecular complexity index is 656. The van der Waals surface area contributed by atoms with E-state index in [-0.39, 0.29) is 12.1 Å². The summed E-state index contributed by atoms with van der Waals surface area (Å²) in [6, 6.07) is 4.14. The van der Waals surface area contributed by atoms with Gasteiger partial charge in [0.15, 0.2) is 0 Å². The number of anilines is 1. The topological polar surface area (TPSA) is 24.9 Å². The van der Waals surface area contributed by atoms with E-state index in [1.807, 2.05) is 0 Å². The average molecular weight is 319 g/mol. The van der Waals surface area contributed by atoms with Gasteiger partial charge in [-0.05, 0) is 42.3 Å². The first kappa shape index (κ1) is 15.6. The molecule has 2 rings (SSSR count). The maximum absolute atomic E-state index is 13.2. The molecule has 0 aliphatic rings. The minimum Gasteiger partial charge on any atom is -0.380 e. The number of nitrogens with one attached hydrogen (secondary N) is 1.